The molecule has 0 aliphatic heterocycles. The first kappa shape index (κ1) is 16.6. The van der Waals surface area contributed by atoms with Gasteiger partial charge < -0.3 is 15.2 Å². The summed E-state index contributed by atoms with van der Waals surface area (Å²) in [5, 5.41) is 12.7. The number of carboxylic acid groups (broad SMARTS) is 1. The Labute approximate surface area is 134 Å². The maximum absolute atomic E-state index is 12.0. The number of carboxylic acids is 1. The highest BCUT2D eigenvalue weighted by molar-refractivity contribution is 6.30. The Morgan fingerprint density at radius 3 is 2.45 bits per heavy atom. The standard InChI is InChI=1S/C16H20ClNO4/c1-11-6-8-16(9-7-11,15(20)21)18-14(19)10-22-13-4-2-12(17)3-5-13/h2-5,11H,6-10H2,1H3,(H,18,19)(H,20,21). The number of ether oxygens (including phenoxy) is 1. The molecule has 0 heterocycles. The molecule has 0 radical (unpaired) electrons. The molecule has 0 spiro atoms. The molecule has 2 rings (SSSR count). The first-order valence-electron chi connectivity index (χ1n) is 7.34. The van der Waals surface area contributed by atoms with Crippen LogP contribution in [0.25, 0.3) is 0 Å². The summed E-state index contributed by atoms with van der Waals surface area (Å²) >= 11 is 5.77. The Hall–Kier alpha value is -1.75. The third kappa shape index (κ3) is 4.13. The predicted octanol–water partition coefficient (Wildman–Crippen LogP) is 2.87. The topological polar surface area (TPSA) is 75.6 Å². The van der Waals surface area contributed by atoms with Crippen molar-refractivity contribution in [2.24, 2.45) is 5.92 Å². The van der Waals surface area contributed by atoms with Gasteiger partial charge in [0.25, 0.3) is 5.91 Å². The van der Waals surface area contributed by atoms with Crippen molar-refractivity contribution in [2.45, 2.75) is 38.1 Å². The third-order valence-electron chi connectivity index (χ3n) is 4.10. The van der Waals surface area contributed by atoms with Crippen molar-refractivity contribution in [2.75, 3.05) is 6.61 Å². The van der Waals surface area contributed by atoms with Crippen LogP contribution in [0.5, 0.6) is 5.75 Å². The molecule has 120 valence electrons. The molecule has 1 amide bonds. The maximum atomic E-state index is 12.0. The zero-order valence-corrected chi connectivity index (χ0v) is 13.2. The summed E-state index contributed by atoms with van der Waals surface area (Å²) < 4.78 is 5.35. The largest absolute Gasteiger partial charge is 0.484 e. The maximum Gasteiger partial charge on any atom is 0.329 e. The molecule has 1 fully saturated rings. The normalized spacial score (nSPS) is 24.5. The first-order valence-corrected chi connectivity index (χ1v) is 7.72. The van der Waals surface area contributed by atoms with Crippen molar-refractivity contribution >= 4 is 23.5 Å². The van der Waals surface area contributed by atoms with Gasteiger partial charge in [0.1, 0.15) is 11.3 Å². The molecule has 0 bridgehead atoms. The van der Waals surface area contributed by atoms with Gasteiger partial charge in [-0.15, -0.1) is 0 Å². The summed E-state index contributed by atoms with van der Waals surface area (Å²) in [6.07, 6.45) is 2.50. The molecule has 0 aromatic heterocycles. The monoisotopic (exact) mass is 325 g/mol. The highest BCUT2D eigenvalue weighted by Gasteiger charge is 2.42. The van der Waals surface area contributed by atoms with Crippen molar-refractivity contribution in [3.05, 3.63) is 29.3 Å². The molecule has 22 heavy (non-hydrogen) atoms. The zero-order chi connectivity index (χ0) is 16.2. The number of carbonyl (C=O) groups excluding carboxylic acids is 1. The number of carbonyl (C=O) groups is 2. The Morgan fingerprint density at radius 2 is 1.91 bits per heavy atom. The molecule has 1 aromatic carbocycles. The Kier molecular flexibility index (Phi) is 5.29. The number of rotatable bonds is 5. The second kappa shape index (κ2) is 7.01. The number of nitrogens with one attached hydrogen (secondary N) is 1. The molecule has 0 unspecified atom stereocenters. The molecule has 5 nitrogen and oxygen atoms in total. The van der Waals surface area contributed by atoms with Gasteiger partial charge in [-0.2, -0.15) is 0 Å². The molecule has 6 heteroatoms. The van der Waals surface area contributed by atoms with Crippen LogP contribution in [0.1, 0.15) is 32.6 Å². The van der Waals surface area contributed by atoms with Crippen LogP contribution in [0.15, 0.2) is 24.3 Å². The van der Waals surface area contributed by atoms with Crippen molar-refractivity contribution in [1.82, 2.24) is 5.32 Å². The number of halogens is 1. The number of hydrogen-bond donors (Lipinski definition) is 2. The Bertz CT molecular complexity index is 536. The summed E-state index contributed by atoms with van der Waals surface area (Å²) in [5.41, 5.74) is -1.16. The molecule has 1 aliphatic rings. The fourth-order valence-electron chi connectivity index (χ4n) is 2.63. The number of amides is 1. The number of benzene rings is 1. The molecule has 1 saturated carbocycles. The summed E-state index contributed by atoms with van der Waals surface area (Å²) in [4.78, 5) is 23.6. The van der Waals surface area contributed by atoms with Gasteiger partial charge in [-0.05, 0) is 55.9 Å². The quantitative estimate of drug-likeness (QED) is 0.872. The summed E-state index contributed by atoms with van der Waals surface area (Å²) in [6, 6.07) is 6.64. The SMILES string of the molecule is CC1CCC(NC(=O)COc2ccc(Cl)cc2)(C(=O)O)CC1. The molecule has 1 aromatic rings. The van der Waals surface area contributed by atoms with Crippen LogP contribution in [-0.4, -0.2) is 29.1 Å². The van der Waals surface area contributed by atoms with E-state index in [0.29, 0.717) is 29.5 Å². The van der Waals surface area contributed by atoms with Crippen LogP contribution in [0, 0.1) is 5.92 Å². The van der Waals surface area contributed by atoms with Gasteiger partial charge in [-0.3, -0.25) is 4.79 Å². The fraction of sp³-hybridized carbons (Fsp3) is 0.500. The van der Waals surface area contributed by atoms with E-state index in [1.807, 2.05) is 0 Å². The van der Waals surface area contributed by atoms with Gasteiger partial charge in [0.05, 0.1) is 0 Å². The average molecular weight is 326 g/mol. The van der Waals surface area contributed by atoms with Crippen LogP contribution >= 0.6 is 11.6 Å². The van der Waals surface area contributed by atoms with Crippen LogP contribution in [0.2, 0.25) is 5.02 Å². The Balaban J connectivity index is 1.91. The van der Waals surface area contributed by atoms with Crippen molar-refractivity contribution < 1.29 is 19.4 Å². The van der Waals surface area contributed by atoms with E-state index in [9.17, 15) is 14.7 Å². The zero-order valence-electron chi connectivity index (χ0n) is 12.5. The molecule has 2 N–H and O–H groups in total. The average Bonchev–Trinajstić information content (AvgIpc) is 2.49. The lowest BCUT2D eigenvalue weighted by Crippen LogP contribution is -2.57. The number of hydrogen-bond acceptors (Lipinski definition) is 3. The Morgan fingerprint density at radius 1 is 1.32 bits per heavy atom. The predicted molar refractivity (Wildman–Crippen MR) is 83.1 cm³/mol. The third-order valence-corrected chi connectivity index (χ3v) is 4.35. The minimum absolute atomic E-state index is 0.216. The van der Waals surface area contributed by atoms with Crippen LogP contribution < -0.4 is 10.1 Å². The summed E-state index contributed by atoms with van der Waals surface area (Å²) in [7, 11) is 0. The van der Waals surface area contributed by atoms with E-state index in [0.717, 1.165) is 12.8 Å². The lowest BCUT2D eigenvalue weighted by atomic mass is 9.77. The molecular weight excluding hydrogens is 306 g/mol. The molecule has 0 saturated heterocycles. The second-order valence-electron chi connectivity index (χ2n) is 5.86. The fourth-order valence-corrected chi connectivity index (χ4v) is 2.76. The second-order valence-corrected chi connectivity index (χ2v) is 6.30. The van der Waals surface area contributed by atoms with Crippen molar-refractivity contribution in [3.8, 4) is 5.75 Å². The number of aliphatic carboxylic acids is 1. The highest BCUT2D eigenvalue weighted by Crippen LogP contribution is 2.32. The van der Waals surface area contributed by atoms with Gasteiger partial charge in [-0.25, -0.2) is 4.79 Å². The van der Waals surface area contributed by atoms with Gasteiger partial charge in [0, 0.05) is 5.02 Å². The lowest BCUT2D eigenvalue weighted by Gasteiger charge is -2.36. The highest BCUT2D eigenvalue weighted by atomic mass is 35.5. The van der Waals surface area contributed by atoms with Gasteiger partial charge in [0.15, 0.2) is 6.61 Å². The lowest BCUT2D eigenvalue weighted by molar-refractivity contribution is -0.150. The van der Waals surface area contributed by atoms with Gasteiger partial charge in [0.2, 0.25) is 0 Å². The minimum Gasteiger partial charge on any atom is -0.484 e. The van der Waals surface area contributed by atoms with E-state index in [1.165, 1.54) is 0 Å². The summed E-state index contributed by atoms with van der Waals surface area (Å²) in [6.45, 7) is 1.88. The molecular formula is C16H20ClNO4. The summed E-state index contributed by atoms with van der Waals surface area (Å²) in [5.74, 6) is -0.387. The molecule has 1 aliphatic carbocycles. The van der Waals surface area contributed by atoms with Crippen LogP contribution in [-0.2, 0) is 9.59 Å². The van der Waals surface area contributed by atoms with E-state index in [-0.39, 0.29) is 6.61 Å². The van der Waals surface area contributed by atoms with E-state index in [1.54, 1.807) is 24.3 Å². The van der Waals surface area contributed by atoms with E-state index >= 15 is 0 Å². The van der Waals surface area contributed by atoms with Gasteiger partial charge in [-0.1, -0.05) is 18.5 Å². The van der Waals surface area contributed by atoms with E-state index in [4.69, 9.17) is 16.3 Å². The molecule has 0 atom stereocenters. The van der Waals surface area contributed by atoms with E-state index < -0.39 is 17.4 Å². The van der Waals surface area contributed by atoms with E-state index in [2.05, 4.69) is 12.2 Å². The smallest absolute Gasteiger partial charge is 0.329 e. The van der Waals surface area contributed by atoms with Crippen LogP contribution in [0.4, 0.5) is 0 Å². The van der Waals surface area contributed by atoms with Gasteiger partial charge >= 0.3 is 5.97 Å². The minimum atomic E-state index is -1.16. The van der Waals surface area contributed by atoms with Crippen molar-refractivity contribution in [3.63, 3.8) is 0 Å². The van der Waals surface area contributed by atoms with Crippen LogP contribution in [0.3, 0.4) is 0 Å². The van der Waals surface area contributed by atoms with Crippen molar-refractivity contribution in [1.29, 1.82) is 0 Å². The first-order chi connectivity index (χ1) is 10.4.